The van der Waals surface area contributed by atoms with E-state index in [1.54, 1.807) is 12.1 Å². The summed E-state index contributed by atoms with van der Waals surface area (Å²) in [6.45, 7) is 3.26. The molecule has 2 aromatic heterocycles. The molecule has 31 heavy (non-hydrogen) atoms. The lowest BCUT2D eigenvalue weighted by Crippen LogP contribution is -2.34. The standard InChI is InChI=1S/C23H26FN5O2/c24-19-3-5-20(6-4-19)31-12-8-23(30)27-9-7-22-25-14-21(29(22)11-10-27)18-13-26-28(16-18)15-17-1-2-17/h3-6,13-14,16-17H,1-2,7-12,15H2. The van der Waals surface area contributed by atoms with Gasteiger partial charge in [-0.05, 0) is 43.0 Å². The Morgan fingerprint density at radius 2 is 1.97 bits per heavy atom. The molecule has 0 bridgehead atoms. The fraction of sp³-hybridized carbons (Fsp3) is 0.435. The summed E-state index contributed by atoms with van der Waals surface area (Å²) in [5, 5.41) is 4.51. The number of rotatable bonds is 7. The molecule has 3 aromatic rings. The second-order valence-corrected chi connectivity index (χ2v) is 8.29. The third-order valence-corrected chi connectivity index (χ3v) is 5.96. The van der Waals surface area contributed by atoms with Gasteiger partial charge >= 0.3 is 0 Å². The van der Waals surface area contributed by atoms with E-state index in [2.05, 4.69) is 20.8 Å². The maximum atomic E-state index is 13.0. The van der Waals surface area contributed by atoms with Crippen LogP contribution in [-0.2, 0) is 24.3 Å². The lowest BCUT2D eigenvalue weighted by molar-refractivity contribution is -0.131. The van der Waals surface area contributed by atoms with Crippen molar-refractivity contribution in [2.75, 3.05) is 19.7 Å². The summed E-state index contributed by atoms with van der Waals surface area (Å²) >= 11 is 0. The molecule has 0 saturated heterocycles. The second kappa shape index (κ2) is 8.53. The molecular formula is C23H26FN5O2. The molecule has 162 valence electrons. The van der Waals surface area contributed by atoms with Crippen LogP contribution in [0.2, 0.25) is 0 Å². The van der Waals surface area contributed by atoms with Gasteiger partial charge in [-0.3, -0.25) is 9.48 Å². The largest absolute Gasteiger partial charge is 0.493 e. The van der Waals surface area contributed by atoms with Crippen molar-refractivity contribution in [3.8, 4) is 17.0 Å². The highest BCUT2D eigenvalue weighted by Crippen LogP contribution is 2.31. The van der Waals surface area contributed by atoms with Gasteiger partial charge in [-0.1, -0.05) is 0 Å². The Bertz CT molecular complexity index is 1050. The van der Waals surface area contributed by atoms with Crippen LogP contribution in [0.4, 0.5) is 4.39 Å². The van der Waals surface area contributed by atoms with Gasteiger partial charge in [-0.2, -0.15) is 5.10 Å². The van der Waals surface area contributed by atoms with Gasteiger partial charge in [0.1, 0.15) is 17.4 Å². The zero-order chi connectivity index (χ0) is 21.2. The van der Waals surface area contributed by atoms with Crippen molar-refractivity contribution in [2.24, 2.45) is 5.92 Å². The molecule has 1 aromatic carbocycles. The van der Waals surface area contributed by atoms with Crippen LogP contribution in [0.1, 0.15) is 25.1 Å². The zero-order valence-electron chi connectivity index (χ0n) is 17.4. The summed E-state index contributed by atoms with van der Waals surface area (Å²) in [7, 11) is 0. The first-order chi connectivity index (χ1) is 15.2. The molecule has 1 aliphatic carbocycles. The van der Waals surface area contributed by atoms with E-state index < -0.39 is 0 Å². The van der Waals surface area contributed by atoms with Gasteiger partial charge in [0, 0.05) is 44.4 Å². The molecule has 1 aliphatic heterocycles. The average molecular weight is 423 g/mol. The fourth-order valence-corrected chi connectivity index (χ4v) is 4.02. The molecule has 5 rings (SSSR count). The van der Waals surface area contributed by atoms with Gasteiger partial charge in [0.05, 0.1) is 31.1 Å². The molecule has 3 heterocycles. The molecule has 0 unspecified atom stereocenters. The van der Waals surface area contributed by atoms with Crippen molar-refractivity contribution in [3.05, 3.63) is 54.5 Å². The Kier molecular flexibility index (Phi) is 5.44. The monoisotopic (exact) mass is 423 g/mol. The molecule has 0 atom stereocenters. The maximum absolute atomic E-state index is 13.0. The average Bonchev–Trinajstić information content (AvgIpc) is 3.38. The summed E-state index contributed by atoms with van der Waals surface area (Å²) in [6, 6.07) is 5.83. The molecule has 1 saturated carbocycles. The van der Waals surface area contributed by atoms with Gasteiger partial charge in [0.2, 0.25) is 5.91 Å². The van der Waals surface area contributed by atoms with Crippen LogP contribution in [0.5, 0.6) is 5.75 Å². The van der Waals surface area contributed by atoms with Crippen LogP contribution in [0, 0.1) is 11.7 Å². The van der Waals surface area contributed by atoms with E-state index in [4.69, 9.17) is 4.74 Å². The maximum Gasteiger partial charge on any atom is 0.226 e. The minimum atomic E-state index is -0.305. The van der Waals surface area contributed by atoms with Crippen LogP contribution < -0.4 is 4.74 Å². The van der Waals surface area contributed by atoms with Crippen molar-refractivity contribution in [1.82, 2.24) is 24.2 Å². The number of nitrogens with zero attached hydrogens (tertiary/aromatic N) is 5. The highest BCUT2D eigenvalue weighted by atomic mass is 19.1. The fourth-order valence-electron chi connectivity index (χ4n) is 4.02. The normalized spacial score (nSPS) is 16.1. The van der Waals surface area contributed by atoms with Crippen molar-refractivity contribution in [3.63, 3.8) is 0 Å². The highest BCUT2D eigenvalue weighted by Gasteiger charge is 2.24. The van der Waals surface area contributed by atoms with Gasteiger partial charge in [-0.25, -0.2) is 9.37 Å². The number of halogens is 1. The smallest absolute Gasteiger partial charge is 0.226 e. The first-order valence-corrected chi connectivity index (χ1v) is 10.9. The highest BCUT2D eigenvalue weighted by molar-refractivity contribution is 5.76. The predicted molar refractivity (Wildman–Crippen MR) is 113 cm³/mol. The number of aromatic nitrogens is 4. The molecule has 0 N–H and O–H groups in total. The summed E-state index contributed by atoms with van der Waals surface area (Å²) < 4.78 is 22.8. The molecule has 2 aliphatic rings. The number of imidazole rings is 1. The Morgan fingerprint density at radius 1 is 1.13 bits per heavy atom. The van der Waals surface area contributed by atoms with Crippen molar-refractivity contribution in [1.29, 1.82) is 0 Å². The Hall–Kier alpha value is -3.16. The third-order valence-electron chi connectivity index (χ3n) is 5.96. The van der Waals surface area contributed by atoms with Crippen LogP contribution in [0.15, 0.2) is 42.9 Å². The van der Waals surface area contributed by atoms with Gasteiger partial charge in [0.15, 0.2) is 0 Å². The number of ether oxygens (including phenoxy) is 1. The number of hydrogen-bond acceptors (Lipinski definition) is 4. The van der Waals surface area contributed by atoms with Crippen LogP contribution >= 0.6 is 0 Å². The number of benzene rings is 1. The summed E-state index contributed by atoms with van der Waals surface area (Å²) in [4.78, 5) is 19.2. The lowest BCUT2D eigenvalue weighted by Gasteiger charge is -2.20. The summed E-state index contributed by atoms with van der Waals surface area (Å²) in [5.41, 5.74) is 2.14. The number of fused-ring (bicyclic) bond motifs is 1. The van der Waals surface area contributed by atoms with E-state index in [1.165, 1.54) is 25.0 Å². The van der Waals surface area contributed by atoms with Crippen LogP contribution in [-0.4, -0.2) is 49.8 Å². The van der Waals surface area contributed by atoms with Gasteiger partial charge in [-0.15, -0.1) is 0 Å². The Labute approximate surface area is 180 Å². The topological polar surface area (TPSA) is 65.2 Å². The second-order valence-electron chi connectivity index (χ2n) is 8.29. The molecule has 8 heteroatoms. The predicted octanol–water partition coefficient (Wildman–Crippen LogP) is 3.15. The molecule has 0 spiro atoms. The van der Waals surface area contributed by atoms with Crippen molar-refractivity contribution >= 4 is 5.91 Å². The van der Waals surface area contributed by atoms with Crippen molar-refractivity contribution < 1.29 is 13.9 Å². The van der Waals surface area contributed by atoms with E-state index in [0.717, 1.165) is 36.0 Å². The lowest BCUT2D eigenvalue weighted by atomic mass is 10.2. The van der Waals surface area contributed by atoms with E-state index in [9.17, 15) is 9.18 Å². The Balaban J connectivity index is 1.17. The minimum absolute atomic E-state index is 0.0617. The van der Waals surface area contributed by atoms with Gasteiger partial charge < -0.3 is 14.2 Å². The zero-order valence-corrected chi connectivity index (χ0v) is 17.4. The summed E-state index contributed by atoms with van der Waals surface area (Å²) in [5.74, 6) is 2.11. The number of carbonyl (C=O) groups excluding carboxylic acids is 1. The number of carbonyl (C=O) groups is 1. The van der Waals surface area contributed by atoms with Gasteiger partial charge in [0.25, 0.3) is 0 Å². The number of amides is 1. The quantitative estimate of drug-likeness (QED) is 0.586. The first-order valence-electron chi connectivity index (χ1n) is 10.9. The molecular weight excluding hydrogens is 397 g/mol. The third kappa shape index (κ3) is 4.62. The molecule has 7 nitrogen and oxygen atoms in total. The molecule has 1 fully saturated rings. The van der Waals surface area contributed by atoms with E-state index in [-0.39, 0.29) is 18.3 Å². The minimum Gasteiger partial charge on any atom is -0.493 e. The molecule has 1 amide bonds. The first kappa shape index (κ1) is 19.8. The summed E-state index contributed by atoms with van der Waals surface area (Å²) in [6.07, 6.45) is 9.55. The van der Waals surface area contributed by atoms with Crippen molar-refractivity contribution in [2.45, 2.75) is 38.8 Å². The van der Waals surface area contributed by atoms with E-state index >= 15 is 0 Å². The van der Waals surface area contributed by atoms with Crippen LogP contribution in [0.3, 0.4) is 0 Å². The Morgan fingerprint density at radius 3 is 2.77 bits per heavy atom. The van der Waals surface area contributed by atoms with E-state index in [0.29, 0.717) is 31.8 Å². The number of hydrogen-bond donors (Lipinski definition) is 0. The van der Waals surface area contributed by atoms with Crippen LogP contribution in [0.25, 0.3) is 11.3 Å². The molecule has 0 radical (unpaired) electrons. The SMILES string of the molecule is O=C(CCOc1ccc(F)cc1)N1CCc2ncc(-c3cnn(CC4CC4)c3)n2CC1. The van der Waals surface area contributed by atoms with E-state index in [1.807, 2.05) is 22.0 Å².